The quantitative estimate of drug-likeness (QED) is 0.438. The van der Waals surface area contributed by atoms with Gasteiger partial charge in [0.1, 0.15) is 0 Å². The van der Waals surface area contributed by atoms with Crippen molar-refractivity contribution in [3.63, 3.8) is 0 Å². The zero-order valence-electron chi connectivity index (χ0n) is 9.36. The van der Waals surface area contributed by atoms with Crippen LogP contribution in [0.3, 0.4) is 0 Å². The van der Waals surface area contributed by atoms with Crippen LogP contribution in [-0.2, 0) is 13.8 Å². The molecule has 0 spiro atoms. The van der Waals surface area contributed by atoms with E-state index in [9.17, 15) is 0 Å². The highest BCUT2D eigenvalue weighted by Crippen LogP contribution is 2.39. The summed E-state index contributed by atoms with van der Waals surface area (Å²) in [7, 11) is -0.890. The minimum absolute atomic E-state index is 0.682. The van der Waals surface area contributed by atoms with E-state index in [0.29, 0.717) is 6.61 Å². The van der Waals surface area contributed by atoms with Crippen molar-refractivity contribution >= 4 is 8.38 Å². The summed E-state index contributed by atoms with van der Waals surface area (Å²) in [6.45, 7) is 8.28. The summed E-state index contributed by atoms with van der Waals surface area (Å²) >= 11 is 0. The summed E-state index contributed by atoms with van der Waals surface area (Å²) in [4.78, 5) is 0. The molecule has 4 heteroatoms. The van der Waals surface area contributed by atoms with Crippen molar-refractivity contribution in [2.24, 2.45) is 0 Å². The first-order chi connectivity index (χ1) is 6.85. The largest absolute Gasteiger partial charge is 0.501 e. The summed E-state index contributed by atoms with van der Waals surface area (Å²) in [5.74, 6) is 1.87. The minimum Gasteiger partial charge on any atom is -0.501 e. The standard InChI is InChI=1S/C10H21O3P/c1-4-7-12-14(13-8-5-2)10-9-11-6-3/h9-10H,4-8H2,1-3H3/b10-9-. The molecule has 0 rings (SSSR count). The summed E-state index contributed by atoms with van der Waals surface area (Å²) in [6.07, 6.45) is 3.69. The van der Waals surface area contributed by atoms with Gasteiger partial charge in [-0.3, -0.25) is 0 Å². The van der Waals surface area contributed by atoms with Crippen LogP contribution in [0.5, 0.6) is 0 Å². The Morgan fingerprint density at radius 3 is 2.00 bits per heavy atom. The molecule has 0 amide bonds. The highest BCUT2D eigenvalue weighted by molar-refractivity contribution is 7.50. The second-order valence-corrected chi connectivity index (χ2v) is 4.08. The Labute approximate surface area is 88.3 Å². The van der Waals surface area contributed by atoms with Crippen LogP contribution in [0.15, 0.2) is 12.1 Å². The van der Waals surface area contributed by atoms with E-state index in [-0.39, 0.29) is 0 Å². The molecule has 0 aliphatic heterocycles. The smallest absolute Gasteiger partial charge is 0.200 e. The monoisotopic (exact) mass is 220 g/mol. The summed E-state index contributed by atoms with van der Waals surface area (Å²) in [5.41, 5.74) is 0. The molecule has 3 nitrogen and oxygen atoms in total. The lowest BCUT2D eigenvalue weighted by molar-refractivity contribution is 0.250. The van der Waals surface area contributed by atoms with Crippen molar-refractivity contribution in [1.29, 1.82) is 0 Å². The maximum Gasteiger partial charge on any atom is 0.200 e. The van der Waals surface area contributed by atoms with Gasteiger partial charge < -0.3 is 13.8 Å². The van der Waals surface area contributed by atoms with Gasteiger partial charge in [-0.15, -0.1) is 0 Å². The maximum absolute atomic E-state index is 5.52. The Kier molecular flexibility index (Phi) is 10.9. The van der Waals surface area contributed by atoms with Crippen LogP contribution in [0, 0.1) is 0 Å². The van der Waals surface area contributed by atoms with E-state index >= 15 is 0 Å². The van der Waals surface area contributed by atoms with E-state index in [2.05, 4.69) is 13.8 Å². The molecule has 0 radical (unpaired) electrons. The molecular formula is C10H21O3P. The van der Waals surface area contributed by atoms with Crippen molar-refractivity contribution in [2.75, 3.05) is 19.8 Å². The van der Waals surface area contributed by atoms with Crippen molar-refractivity contribution in [3.05, 3.63) is 12.1 Å². The molecular weight excluding hydrogens is 199 g/mol. The predicted molar refractivity (Wildman–Crippen MR) is 60.2 cm³/mol. The van der Waals surface area contributed by atoms with Gasteiger partial charge >= 0.3 is 0 Å². The molecule has 0 aliphatic rings. The third kappa shape index (κ3) is 8.49. The van der Waals surface area contributed by atoms with E-state index in [1.54, 1.807) is 6.26 Å². The molecule has 0 aliphatic carbocycles. The Bertz CT molecular complexity index is 131. The molecule has 0 N–H and O–H groups in total. The van der Waals surface area contributed by atoms with Crippen LogP contribution in [0.4, 0.5) is 0 Å². The predicted octanol–water partition coefficient (Wildman–Crippen LogP) is 3.66. The first kappa shape index (κ1) is 13.9. The van der Waals surface area contributed by atoms with Crippen LogP contribution < -0.4 is 0 Å². The van der Waals surface area contributed by atoms with Crippen LogP contribution in [0.2, 0.25) is 0 Å². The van der Waals surface area contributed by atoms with Gasteiger partial charge in [0.25, 0.3) is 0 Å². The second kappa shape index (κ2) is 11.0. The van der Waals surface area contributed by atoms with Gasteiger partial charge in [-0.25, -0.2) is 0 Å². The van der Waals surface area contributed by atoms with Gasteiger partial charge in [0, 0.05) is 5.82 Å². The SMILES string of the molecule is CCCOP(/C=C\OCC)OCCC. The van der Waals surface area contributed by atoms with E-state index in [1.807, 2.05) is 12.7 Å². The molecule has 0 saturated heterocycles. The van der Waals surface area contributed by atoms with Gasteiger partial charge in [0.05, 0.1) is 26.1 Å². The normalized spacial score (nSPS) is 11.4. The highest BCUT2D eigenvalue weighted by Gasteiger charge is 2.04. The third-order valence-corrected chi connectivity index (χ3v) is 2.53. The molecule has 0 unspecified atom stereocenters. The number of rotatable bonds is 9. The Morgan fingerprint density at radius 2 is 1.57 bits per heavy atom. The Morgan fingerprint density at radius 1 is 1.00 bits per heavy atom. The van der Waals surface area contributed by atoms with Gasteiger partial charge in [0.2, 0.25) is 8.38 Å². The van der Waals surface area contributed by atoms with Crippen LogP contribution in [-0.4, -0.2) is 19.8 Å². The van der Waals surface area contributed by atoms with E-state index in [0.717, 1.165) is 26.1 Å². The van der Waals surface area contributed by atoms with Crippen molar-refractivity contribution in [3.8, 4) is 0 Å². The lowest BCUT2D eigenvalue weighted by Crippen LogP contribution is -1.92. The maximum atomic E-state index is 5.52. The van der Waals surface area contributed by atoms with Gasteiger partial charge in [-0.1, -0.05) is 13.8 Å². The number of ether oxygens (including phenoxy) is 1. The fraction of sp³-hybridized carbons (Fsp3) is 0.800. The summed E-state index contributed by atoms with van der Waals surface area (Å²) < 4.78 is 16.1. The third-order valence-electron chi connectivity index (χ3n) is 1.29. The molecule has 0 fully saturated rings. The first-order valence-electron chi connectivity index (χ1n) is 5.18. The number of hydrogen-bond donors (Lipinski definition) is 0. The molecule has 0 aromatic rings. The van der Waals surface area contributed by atoms with Crippen molar-refractivity contribution in [1.82, 2.24) is 0 Å². The molecule has 0 aromatic heterocycles. The lowest BCUT2D eigenvalue weighted by Gasteiger charge is -2.12. The minimum atomic E-state index is -0.890. The lowest BCUT2D eigenvalue weighted by atomic mass is 10.5. The average Bonchev–Trinajstić information content (AvgIpc) is 2.21. The molecule has 14 heavy (non-hydrogen) atoms. The fourth-order valence-electron chi connectivity index (χ4n) is 0.675. The summed E-state index contributed by atoms with van der Waals surface area (Å²) in [6, 6.07) is 0. The van der Waals surface area contributed by atoms with Gasteiger partial charge in [-0.2, -0.15) is 0 Å². The zero-order chi connectivity index (χ0) is 10.6. The van der Waals surface area contributed by atoms with E-state index in [4.69, 9.17) is 13.8 Å². The van der Waals surface area contributed by atoms with E-state index < -0.39 is 8.38 Å². The average molecular weight is 220 g/mol. The first-order valence-corrected chi connectivity index (χ1v) is 6.43. The highest BCUT2D eigenvalue weighted by atomic mass is 31.2. The fourth-order valence-corrected chi connectivity index (χ4v) is 1.83. The number of hydrogen-bond acceptors (Lipinski definition) is 3. The Balaban J connectivity index is 3.71. The molecule has 0 heterocycles. The zero-order valence-corrected chi connectivity index (χ0v) is 10.3. The molecule has 84 valence electrons. The van der Waals surface area contributed by atoms with E-state index in [1.165, 1.54) is 0 Å². The Hall–Kier alpha value is -0.110. The molecule has 0 aromatic carbocycles. The van der Waals surface area contributed by atoms with Gasteiger partial charge in [0.15, 0.2) is 0 Å². The topological polar surface area (TPSA) is 27.7 Å². The van der Waals surface area contributed by atoms with Crippen molar-refractivity contribution < 1.29 is 13.8 Å². The molecule has 0 bridgehead atoms. The van der Waals surface area contributed by atoms with Crippen LogP contribution in [0.25, 0.3) is 0 Å². The van der Waals surface area contributed by atoms with Gasteiger partial charge in [-0.05, 0) is 19.8 Å². The van der Waals surface area contributed by atoms with Crippen molar-refractivity contribution in [2.45, 2.75) is 33.6 Å². The van der Waals surface area contributed by atoms with Crippen LogP contribution >= 0.6 is 8.38 Å². The second-order valence-electron chi connectivity index (χ2n) is 2.69. The molecule has 0 atom stereocenters. The van der Waals surface area contributed by atoms with Crippen LogP contribution in [0.1, 0.15) is 33.6 Å². The summed E-state index contributed by atoms with van der Waals surface area (Å²) in [5, 5.41) is 0. The molecule has 0 saturated carbocycles.